The molecule has 102 valence electrons. The molecule has 1 unspecified atom stereocenters. The van der Waals surface area contributed by atoms with E-state index in [4.69, 9.17) is 11.6 Å². The number of aliphatic carboxylic acids is 1. The van der Waals surface area contributed by atoms with Crippen LogP contribution in [0.25, 0.3) is 10.7 Å². The zero-order valence-corrected chi connectivity index (χ0v) is 12.1. The number of hydrogen-bond acceptors (Lipinski definition) is 5. The smallest absolute Gasteiger partial charge is 0.311 e. The van der Waals surface area contributed by atoms with E-state index in [9.17, 15) is 9.90 Å². The molecule has 0 bridgehead atoms. The third-order valence-corrected chi connectivity index (χ3v) is 4.48. The molecule has 2 aromatic rings. The average molecular weight is 301 g/mol. The molecule has 0 saturated carbocycles. The van der Waals surface area contributed by atoms with Crippen molar-refractivity contribution in [2.24, 2.45) is 5.41 Å². The number of carboxylic acids is 1. The normalized spacial score (nSPS) is 14.3. The quantitative estimate of drug-likeness (QED) is 0.917. The van der Waals surface area contributed by atoms with Crippen LogP contribution in [0.2, 0.25) is 5.02 Å². The Labute approximate surface area is 119 Å². The molecule has 8 heteroatoms. The molecule has 1 N–H and O–H groups in total. The van der Waals surface area contributed by atoms with Crippen LogP contribution in [0.4, 0.5) is 0 Å². The monoisotopic (exact) mass is 300 g/mol. The van der Waals surface area contributed by atoms with Crippen LogP contribution in [0.5, 0.6) is 0 Å². The maximum absolute atomic E-state index is 11.3. The number of hydrogen-bond donors (Lipinski definition) is 1. The van der Waals surface area contributed by atoms with E-state index in [0.717, 1.165) is 4.88 Å². The van der Waals surface area contributed by atoms with Gasteiger partial charge in [-0.2, -0.15) is 0 Å². The van der Waals surface area contributed by atoms with Crippen molar-refractivity contribution in [1.82, 2.24) is 20.2 Å². The molecule has 0 aliphatic carbocycles. The van der Waals surface area contributed by atoms with Crippen molar-refractivity contribution in [2.45, 2.75) is 26.8 Å². The lowest BCUT2D eigenvalue weighted by atomic mass is 9.88. The fraction of sp³-hybridized carbons (Fsp3) is 0.455. The third-order valence-electron chi connectivity index (χ3n) is 3.15. The maximum Gasteiger partial charge on any atom is 0.311 e. The molecule has 2 rings (SSSR count). The highest BCUT2D eigenvalue weighted by Gasteiger charge is 2.33. The molecule has 0 fully saturated rings. The molecule has 0 spiro atoms. The van der Waals surface area contributed by atoms with E-state index in [1.54, 1.807) is 13.0 Å². The second-order valence-electron chi connectivity index (χ2n) is 4.48. The van der Waals surface area contributed by atoms with Crippen molar-refractivity contribution < 1.29 is 9.90 Å². The summed E-state index contributed by atoms with van der Waals surface area (Å²) >= 11 is 7.48. The summed E-state index contributed by atoms with van der Waals surface area (Å²) in [7, 11) is 0. The zero-order valence-electron chi connectivity index (χ0n) is 10.5. The van der Waals surface area contributed by atoms with Crippen LogP contribution in [0, 0.1) is 5.41 Å². The lowest BCUT2D eigenvalue weighted by molar-refractivity contribution is -0.149. The molecule has 6 nitrogen and oxygen atoms in total. The number of thiophene rings is 1. The van der Waals surface area contributed by atoms with Crippen LogP contribution in [0.1, 0.15) is 20.3 Å². The Balaban J connectivity index is 2.36. The molecule has 0 amide bonds. The number of halogens is 1. The maximum atomic E-state index is 11.3. The van der Waals surface area contributed by atoms with Gasteiger partial charge in [0.1, 0.15) is 0 Å². The molecular weight excluding hydrogens is 288 g/mol. The minimum atomic E-state index is -0.909. The first-order valence-electron chi connectivity index (χ1n) is 5.71. The topological polar surface area (TPSA) is 80.9 Å². The van der Waals surface area contributed by atoms with Gasteiger partial charge in [-0.1, -0.05) is 18.5 Å². The fourth-order valence-corrected chi connectivity index (χ4v) is 2.72. The summed E-state index contributed by atoms with van der Waals surface area (Å²) in [4.78, 5) is 12.1. The Morgan fingerprint density at radius 1 is 1.63 bits per heavy atom. The Hall–Kier alpha value is -1.47. The molecule has 19 heavy (non-hydrogen) atoms. The molecule has 2 aromatic heterocycles. The van der Waals surface area contributed by atoms with Crippen LogP contribution in [-0.4, -0.2) is 31.3 Å². The molecule has 0 aliphatic rings. The summed E-state index contributed by atoms with van der Waals surface area (Å²) in [5.74, 6) is -0.366. The highest BCUT2D eigenvalue weighted by molar-refractivity contribution is 7.14. The van der Waals surface area contributed by atoms with E-state index in [0.29, 0.717) is 17.3 Å². The van der Waals surface area contributed by atoms with Gasteiger partial charge >= 0.3 is 5.97 Å². The highest BCUT2D eigenvalue weighted by atomic mass is 35.5. The van der Waals surface area contributed by atoms with Gasteiger partial charge < -0.3 is 5.11 Å². The lowest BCUT2D eigenvalue weighted by Crippen LogP contribution is -2.32. The summed E-state index contributed by atoms with van der Waals surface area (Å²) in [6.07, 6.45) is 0.486. The number of carboxylic acid groups (broad SMARTS) is 1. The molecule has 0 aromatic carbocycles. The average Bonchev–Trinajstić information content (AvgIpc) is 2.97. The van der Waals surface area contributed by atoms with E-state index in [2.05, 4.69) is 15.5 Å². The van der Waals surface area contributed by atoms with E-state index < -0.39 is 11.4 Å². The van der Waals surface area contributed by atoms with Gasteiger partial charge in [0, 0.05) is 0 Å². The Bertz CT molecular complexity index is 597. The summed E-state index contributed by atoms with van der Waals surface area (Å²) < 4.78 is 1.50. The number of tetrazole rings is 1. The van der Waals surface area contributed by atoms with Gasteiger partial charge in [-0.05, 0) is 35.2 Å². The third kappa shape index (κ3) is 2.62. The summed E-state index contributed by atoms with van der Waals surface area (Å²) in [6, 6.07) is 1.76. The van der Waals surface area contributed by atoms with Crippen molar-refractivity contribution in [1.29, 1.82) is 0 Å². The number of rotatable bonds is 5. The van der Waals surface area contributed by atoms with Crippen LogP contribution in [0.15, 0.2) is 11.4 Å². The number of aromatic nitrogens is 4. The number of nitrogens with zero attached hydrogens (tertiary/aromatic N) is 4. The highest BCUT2D eigenvalue weighted by Crippen LogP contribution is 2.33. The van der Waals surface area contributed by atoms with E-state index in [1.807, 2.05) is 12.3 Å². The first-order valence-corrected chi connectivity index (χ1v) is 6.96. The Morgan fingerprint density at radius 2 is 2.37 bits per heavy atom. The van der Waals surface area contributed by atoms with Crippen LogP contribution in [0.3, 0.4) is 0 Å². The second kappa shape index (κ2) is 5.26. The second-order valence-corrected chi connectivity index (χ2v) is 5.80. The van der Waals surface area contributed by atoms with Gasteiger partial charge in [0.05, 0.1) is 21.9 Å². The van der Waals surface area contributed by atoms with Crippen LogP contribution in [-0.2, 0) is 11.3 Å². The van der Waals surface area contributed by atoms with Crippen molar-refractivity contribution in [2.75, 3.05) is 0 Å². The first-order chi connectivity index (χ1) is 8.98. The molecule has 1 atom stereocenters. The van der Waals surface area contributed by atoms with Crippen LogP contribution < -0.4 is 0 Å². The molecule has 0 radical (unpaired) electrons. The van der Waals surface area contributed by atoms with E-state index in [-0.39, 0.29) is 6.54 Å². The van der Waals surface area contributed by atoms with Crippen molar-refractivity contribution in [3.8, 4) is 10.7 Å². The minimum Gasteiger partial charge on any atom is -0.481 e. The molecule has 0 aliphatic heterocycles. The minimum absolute atomic E-state index is 0.204. The predicted molar refractivity (Wildman–Crippen MR) is 72.2 cm³/mol. The fourth-order valence-electron chi connectivity index (χ4n) is 1.59. The van der Waals surface area contributed by atoms with E-state index >= 15 is 0 Å². The molecule has 2 heterocycles. The summed E-state index contributed by atoms with van der Waals surface area (Å²) in [6.45, 7) is 3.71. The lowest BCUT2D eigenvalue weighted by Gasteiger charge is -2.22. The number of carbonyl (C=O) groups is 1. The summed E-state index contributed by atoms with van der Waals surface area (Å²) in [5, 5.41) is 23.1. The van der Waals surface area contributed by atoms with Crippen molar-refractivity contribution in [3.63, 3.8) is 0 Å². The molecule has 0 saturated heterocycles. The molecular formula is C11H13ClN4O2S. The zero-order chi connectivity index (χ0) is 14.0. The summed E-state index contributed by atoms with van der Waals surface area (Å²) in [5.41, 5.74) is -0.909. The SMILES string of the molecule is CCC(C)(Cn1nnnc1-c1sccc1Cl)C(=O)O. The predicted octanol–water partition coefficient (Wildman–Crippen LogP) is 2.56. The standard InChI is InChI=1S/C11H13ClN4O2S/c1-3-11(2,10(17)18)6-16-9(13-14-15-16)8-7(12)4-5-19-8/h4-5H,3,6H2,1-2H3,(H,17,18). The largest absolute Gasteiger partial charge is 0.481 e. The van der Waals surface area contributed by atoms with Gasteiger partial charge in [-0.15, -0.1) is 16.4 Å². The van der Waals surface area contributed by atoms with Crippen LogP contribution >= 0.6 is 22.9 Å². The van der Waals surface area contributed by atoms with E-state index in [1.165, 1.54) is 16.0 Å². The van der Waals surface area contributed by atoms with Gasteiger partial charge in [0.25, 0.3) is 0 Å². The van der Waals surface area contributed by atoms with Gasteiger partial charge in [-0.25, -0.2) is 4.68 Å². The van der Waals surface area contributed by atoms with Gasteiger partial charge in [0.2, 0.25) is 0 Å². The Kier molecular flexibility index (Phi) is 3.86. The Morgan fingerprint density at radius 3 is 2.89 bits per heavy atom. The van der Waals surface area contributed by atoms with Gasteiger partial charge in [0.15, 0.2) is 5.82 Å². The van der Waals surface area contributed by atoms with Gasteiger partial charge in [-0.3, -0.25) is 4.79 Å². The van der Waals surface area contributed by atoms with Crippen molar-refractivity contribution in [3.05, 3.63) is 16.5 Å². The van der Waals surface area contributed by atoms with Crippen molar-refractivity contribution >= 4 is 28.9 Å². The first kappa shape index (κ1) is 14.0.